The largest absolute Gasteiger partial charge is 0.481 e. The van der Waals surface area contributed by atoms with Crippen LogP contribution in [-0.2, 0) is 18.3 Å². The number of fused-ring (bicyclic) bond motifs is 1. The lowest BCUT2D eigenvalue weighted by Gasteiger charge is -2.23. The molecule has 3 aromatic rings. The maximum Gasteiger partial charge on any atom is 0.216 e. The average molecular weight is 374 g/mol. The van der Waals surface area contributed by atoms with Crippen molar-refractivity contribution in [2.75, 3.05) is 7.11 Å². The fourth-order valence-corrected chi connectivity index (χ4v) is 3.62. The molecular formula is C24H27N3O. The molecule has 4 heteroatoms. The first-order chi connectivity index (χ1) is 13.5. The summed E-state index contributed by atoms with van der Waals surface area (Å²) in [6.45, 7) is 6.21. The number of nitriles is 1. The highest BCUT2D eigenvalue weighted by molar-refractivity contribution is 5.81. The van der Waals surface area contributed by atoms with Crippen LogP contribution in [0.1, 0.15) is 48.9 Å². The summed E-state index contributed by atoms with van der Waals surface area (Å²) < 4.78 is 5.44. The van der Waals surface area contributed by atoms with Crippen LogP contribution in [0.15, 0.2) is 42.7 Å². The van der Waals surface area contributed by atoms with Crippen molar-refractivity contribution >= 4 is 10.9 Å². The molecule has 2 aromatic heterocycles. The van der Waals surface area contributed by atoms with Crippen molar-refractivity contribution in [1.82, 2.24) is 9.97 Å². The Bertz CT molecular complexity index is 1020. The fraction of sp³-hybridized carbons (Fsp3) is 0.375. The molecule has 0 radical (unpaired) electrons. The third-order valence-corrected chi connectivity index (χ3v) is 5.59. The summed E-state index contributed by atoms with van der Waals surface area (Å²) in [5, 5.41) is 11.0. The molecule has 1 atom stereocenters. The second-order valence-corrected chi connectivity index (χ2v) is 7.52. The van der Waals surface area contributed by atoms with Crippen LogP contribution in [0, 0.1) is 18.3 Å². The molecule has 0 aliphatic heterocycles. The van der Waals surface area contributed by atoms with Crippen LogP contribution in [0.5, 0.6) is 5.88 Å². The van der Waals surface area contributed by atoms with Gasteiger partial charge in [0.15, 0.2) is 0 Å². The van der Waals surface area contributed by atoms with Gasteiger partial charge >= 0.3 is 0 Å². The molecule has 0 aliphatic carbocycles. The highest BCUT2D eigenvalue weighted by Gasteiger charge is 2.26. The van der Waals surface area contributed by atoms with E-state index in [1.807, 2.05) is 31.5 Å². The molecule has 28 heavy (non-hydrogen) atoms. The molecule has 0 spiro atoms. The Morgan fingerprint density at radius 1 is 1.18 bits per heavy atom. The number of hydrogen-bond acceptors (Lipinski definition) is 4. The minimum absolute atomic E-state index is 0.553. The highest BCUT2D eigenvalue weighted by Crippen LogP contribution is 2.32. The van der Waals surface area contributed by atoms with E-state index >= 15 is 0 Å². The van der Waals surface area contributed by atoms with Crippen molar-refractivity contribution in [3.63, 3.8) is 0 Å². The normalized spacial score (nSPS) is 13.1. The first-order valence-electron chi connectivity index (χ1n) is 9.79. The zero-order chi connectivity index (χ0) is 20.1. The number of hydrogen-bond donors (Lipinski definition) is 0. The smallest absolute Gasteiger partial charge is 0.216 e. The van der Waals surface area contributed by atoms with E-state index in [2.05, 4.69) is 48.1 Å². The Balaban J connectivity index is 1.85. The molecule has 4 nitrogen and oxygen atoms in total. The minimum Gasteiger partial charge on any atom is -0.481 e. The van der Waals surface area contributed by atoms with Gasteiger partial charge in [-0.25, -0.2) is 4.98 Å². The van der Waals surface area contributed by atoms with E-state index in [4.69, 9.17) is 4.74 Å². The highest BCUT2D eigenvalue weighted by atomic mass is 16.5. The van der Waals surface area contributed by atoms with Crippen LogP contribution in [0.2, 0.25) is 0 Å². The average Bonchev–Trinajstić information content (AvgIpc) is 2.73. The number of pyridine rings is 2. The predicted octanol–water partition coefficient (Wildman–Crippen LogP) is 5.31. The summed E-state index contributed by atoms with van der Waals surface area (Å²) >= 11 is 0. The Labute approximate surface area is 167 Å². The molecule has 0 amide bonds. The number of benzene rings is 1. The van der Waals surface area contributed by atoms with Crippen molar-refractivity contribution in [3.05, 3.63) is 65.0 Å². The van der Waals surface area contributed by atoms with Gasteiger partial charge in [0.2, 0.25) is 5.88 Å². The maximum absolute atomic E-state index is 9.94. The molecule has 3 rings (SSSR count). The lowest BCUT2D eigenvalue weighted by molar-refractivity contribution is 0.394. The Hall–Kier alpha value is -2.93. The van der Waals surface area contributed by atoms with Crippen molar-refractivity contribution < 1.29 is 4.74 Å². The zero-order valence-corrected chi connectivity index (χ0v) is 17.1. The monoisotopic (exact) mass is 373 g/mol. The van der Waals surface area contributed by atoms with E-state index < -0.39 is 5.41 Å². The summed E-state index contributed by atoms with van der Waals surface area (Å²) in [4.78, 5) is 8.89. The molecule has 0 bridgehead atoms. The zero-order valence-electron chi connectivity index (χ0n) is 17.1. The van der Waals surface area contributed by atoms with Gasteiger partial charge < -0.3 is 4.74 Å². The molecular weight excluding hydrogens is 346 g/mol. The fourth-order valence-electron chi connectivity index (χ4n) is 3.62. The van der Waals surface area contributed by atoms with Gasteiger partial charge in [0.05, 0.1) is 24.1 Å². The molecule has 2 heterocycles. The van der Waals surface area contributed by atoms with Crippen LogP contribution in [0.4, 0.5) is 0 Å². The van der Waals surface area contributed by atoms with E-state index in [0.717, 1.165) is 47.7 Å². The van der Waals surface area contributed by atoms with Gasteiger partial charge in [-0.2, -0.15) is 5.26 Å². The second kappa shape index (κ2) is 8.39. The number of aromatic nitrogens is 2. The van der Waals surface area contributed by atoms with Gasteiger partial charge in [-0.3, -0.25) is 4.98 Å². The second-order valence-electron chi connectivity index (χ2n) is 7.52. The van der Waals surface area contributed by atoms with Gasteiger partial charge in [0.25, 0.3) is 0 Å². The molecule has 0 saturated heterocycles. The topological polar surface area (TPSA) is 58.8 Å². The molecule has 0 unspecified atom stereocenters. The van der Waals surface area contributed by atoms with Crippen LogP contribution in [0.25, 0.3) is 10.9 Å². The number of ether oxygens (including phenoxy) is 1. The molecule has 144 valence electrons. The molecule has 0 N–H and O–H groups in total. The van der Waals surface area contributed by atoms with Crippen LogP contribution in [-0.4, -0.2) is 17.1 Å². The molecule has 0 fully saturated rings. The van der Waals surface area contributed by atoms with Crippen molar-refractivity contribution in [1.29, 1.82) is 5.26 Å². The van der Waals surface area contributed by atoms with Gasteiger partial charge in [-0.1, -0.05) is 19.1 Å². The van der Waals surface area contributed by atoms with E-state index in [-0.39, 0.29) is 0 Å². The SMILES string of the molecule is CCc1cc2ccc([C@](C)(C#N)CCCc3cnccc3C)cc2nc1OC. The first kappa shape index (κ1) is 19.8. The number of rotatable bonds is 7. The quantitative estimate of drug-likeness (QED) is 0.563. The number of methoxy groups -OCH3 is 1. The lowest BCUT2D eigenvalue weighted by Crippen LogP contribution is -2.20. The number of aryl methyl sites for hydroxylation is 3. The van der Waals surface area contributed by atoms with Crippen LogP contribution in [0.3, 0.4) is 0 Å². The maximum atomic E-state index is 9.94. The van der Waals surface area contributed by atoms with Gasteiger partial charge in [0.1, 0.15) is 0 Å². The third kappa shape index (κ3) is 3.99. The lowest BCUT2D eigenvalue weighted by atomic mass is 9.79. The Kier molecular flexibility index (Phi) is 5.94. The molecule has 1 aromatic carbocycles. The van der Waals surface area contributed by atoms with E-state index in [9.17, 15) is 5.26 Å². The van der Waals surface area contributed by atoms with E-state index in [0.29, 0.717) is 5.88 Å². The Morgan fingerprint density at radius 3 is 2.68 bits per heavy atom. The van der Waals surface area contributed by atoms with E-state index in [1.54, 1.807) is 7.11 Å². The summed E-state index contributed by atoms with van der Waals surface area (Å²) in [6.07, 6.45) is 7.26. The third-order valence-electron chi connectivity index (χ3n) is 5.59. The van der Waals surface area contributed by atoms with Gasteiger partial charge in [-0.15, -0.1) is 0 Å². The van der Waals surface area contributed by atoms with Gasteiger partial charge in [0, 0.05) is 23.3 Å². The summed E-state index contributed by atoms with van der Waals surface area (Å²) in [5.74, 6) is 0.665. The minimum atomic E-state index is -0.553. The number of nitrogens with zero attached hydrogens (tertiary/aromatic N) is 3. The Morgan fingerprint density at radius 2 is 2.00 bits per heavy atom. The van der Waals surface area contributed by atoms with Crippen molar-refractivity contribution in [3.8, 4) is 11.9 Å². The van der Waals surface area contributed by atoms with E-state index in [1.165, 1.54) is 11.1 Å². The molecule has 0 saturated carbocycles. The summed E-state index contributed by atoms with van der Waals surface area (Å²) in [6, 6.07) is 12.9. The summed E-state index contributed by atoms with van der Waals surface area (Å²) in [5.41, 5.74) is 4.92. The first-order valence-corrected chi connectivity index (χ1v) is 9.79. The van der Waals surface area contributed by atoms with Crippen LogP contribution < -0.4 is 4.74 Å². The van der Waals surface area contributed by atoms with Crippen molar-refractivity contribution in [2.24, 2.45) is 0 Å². The van der Waals surface area contributed by atoms with Crippen molar-refractivity contribution in [2.45, 2.75) is 51.9 Å². The van der Waals surface area contributed by atoms with Crippen LogP contribution >= 0.6 is 0 Å². The van der Waals surface area contributed by atoms with Gasteiger partial charge in [-0.05, 0) is 74.4 Å². The molecule has 0 aliphatic rings. The standard InChI is InChI=1S/C24H27N3O/c1-5-18-13-19-8-9-21(14-22(19)27-23(18)28-4)24(3,16-25)11-6-7-20-15-26-12-10-17(20)2/h8-10,12-15H,5-7,11H2,1-4H3/t24-/m0/s1. The summed E-state index contributed by atoms with van der Waals surface area (Å²) in [7, 11) is 1.65. The predicted molar refractivity (Wildman–Crippen MR) is 113 cm³/mol.